The molecule has 0 spiro atoms. The third-order valence-corrected chi connectivity index (χ3v) is 5.35. The first-order chi connectivity index (χ1) is 10.4. The number of hydrogen-bond acceptors (Lipinski definition) is 3. The highest BCUT2D eigenvalue weighted by molar-refractivity contribution is 7.86. The second-order valence-electron chi connectivity index (χ2n) is 5.00. The van der Waals surface area contributed by atoms with Crippen molar-refractivity contribution in [1.29, 1.82) is 0 Å². The van der Waals surface area contributed by atoms with Crippen LogP contribution < -0.4 is 0 Å². The zero-order chi connectivity index (χ0) is 16.2. The predicted molar refractivity (Wildman–Crippen MR) is 87.5 cm³/mol. The number of rotatable bonds is 6. The van der Waals surface area contributed by atoms with Gasteiger partial charge in [-0.05, 0) is 35.4 Å². The Morgan fingerprint density at radius 1 is 0.909 bits per heavy atom. The fourth-order valence-corrected chi connectivity index (χ4v) is 3.22. The van der Waals surface area contributed by atoms with Gasteiger partial charge in [-0.2, -0.15) is 17.0 Å². The monoisotopic (exact) mass is 339 g/mol. The molecule has 0 saturated heterocycles. The van der Waals surface area contributed by atoms with Gasteiger partial charge in [0.15, 0.2) is 0 Å². The minimum atomic E-state index is -3.53. The summed E-state index contributed by atoms with van der Waals surface area (Å²) < 4.78 is 27.7. The lowest BCUT2D eigenvalue weighted by Gasteiger charge is -2.24. The summed E-state index contributed by atoms with van der Waals surface area (Å²) in [6, 6.07) is 10.7. The lowest BCUT2D eigenvalue weighted by molar-refractivity contribution is 0.386. The maximum absolute atomic E-state index is 12.5. The molecule has 0 fully saturated rings. The van der Waals surface area contributed by atoms with Crippen molar-refractivity contribution in [2.24, 2.45) is 0 Å². The zero-order valence-electron chi connectivity index (χ0n) is 12.5. The number of hydrogen-bond donors (Lipinski definition) is 0. The minimum Gasteiger partial charge on any atom is -0.265 e. The lowest BCUT2D eigenvalue weighted by Crippen LogP contribution is -2.38. The standard InChI is InChI=1S/C15H18ClN3O2S/c1-18(11-13-3-5-15(16)6-4-13)22(20,21)19(2)12-14-7-9-17-10-8-14/h3-10H,11-12H2,1-2H3. The molecule has 0 saturated carbocycles. The van der Waals surface area contributed by atoms with Crippen LogP contribution in [0.3, 0.4) is 0 Å². The lowest BCUT2D eigenvalue weighted by atomic mass is 10.2. The third kappa shape index (κ3) is 4.27. The molecule has 1 aromatic carbocycles. The smallest absolute Gasteiger partial charge is 0.265 e. The van der Waals surface area contributed by atoms with Gasteiger partial charge in [-0.25, -0.2) is 0 Å². The van der Waals surface area contributed by atoms with Gasteiger partial charge in [0.05, 0.1) is 0 Å². The first kappa shape index (κ1) is 16.9. The molecule has 0 radical (unpaired) electrons. The van der Waals surface area contributed by atoms with Crippen LogP contribution in [0.5, 0.6) is 0 Å². The van der Waals surface area contributed by atoms with Crippen molar-refractivity contribution in [2.75, 3.05) is 14.1 Å². The van der Waals surface area contributed by atoms with Gasteiger partial charge in [-0.15, -0.1) is 0 Å². The number of aromatic nitrogens is 1. The van der Waals surface area contributed by atoms with Crippen molar-refractivity contribution in [3.8, 4) is 0 Å². The number of pyridine rings is 1. The van der Waals surface area contributed by atoms with E-state index in [4.69, 9.17) is 11.6 Å². The Kier molecular flexibility index (Phi) is 5.52. The molecule has 0 aliphatic rings. The Labute approximate surface area is 136 Å². The molecule has 0 bridgehead atoms. The molecule has 1 aromatic heterocycles. The molecule has 0 unspecified atom stereocenters. The quantitative estimate of drug-likeness (QED) is 0.812. The molecule has 22 heavy (non-hydrogen) atoms. The molecule has 0 N–H and O–H groups in total. The van der Waals surface area contributed by atoms with E-state index in [-0.39, 0.29) is 0 Å². The van der Waals surface area contributed by atoms with E-state index in [0.717, 1.165) is 11.1 Å². The second kappa shape index (κ2) is 7.19. The average Bonchev–Trinajstić information content (AvgIpc) is 2.50. The van der Waals surface area contributed by atoms with E-state index in [1.165, 1.54) is 8.61 Å². The van der Waals surface area contributed by atoms with E-state index >= 15 is 0 Å². The Hall–Kier alpha value is -1.47. The third-order valence-electron chi connectivity index (χ3n) is 3.26. The first-order valence-electron chi connectivity index (χ1n) is 6.70. The summed E-state index contributed by atoms with van der Waals surface area (Å²) in [4.78, 5) is 3.92. The highest BCUT2D eigenvalue weighted by Crippen LogP contribution is 2.15. The SMILES string of the molecule is CN(Cc1ccncc1)S(=O)(=O)N(C)Cc1ccc(Cl)cc1. The summed E-state index contributed by atoms with van der Waals surface area (Å²) in [5, 5.41) is 0.629. The average molecular weight is 340 g/mol. The Bertz CT molecular complexity index is 705. The van der Waals surface area contributed by atoms with Crippen LogP contribution in [0.25, 0.3) is 0 Å². The molecule has 0 amide bonds. The van der Waals surface area contributed by atoms with Crippen LogP contribution in [0.15, 0.2) is 48.8 Å². The summed E-state index contributed by atoms with van der Waals surface area (Å²) in [6.45, 7) is 0.593. The summed E-state index contributed by atoms with van der Waals surface area (Å²) >= 11 is 5.83. The summed E-state index contributed by atoms with van der Waals surface area (Å²) in [6.07, 6.45) is 3.29. The fraction of sp³-hybridized carbons (Fsp3) is 0.267. The Morgan fingerprint density at radius 3 is 1.86 bits per heavy atom. The van der Waals surface area contributed by atoms with E-state index < -0.39 is 10.2 Å². The predicted octanol–water partition coefficient (Wildman–Crippen LogP) is 2.54. The molecule has 118 valence electrons. The topological polar surface area (TPSA) is 53.5 Å². The van der Waals surface area contributed by atoms with Gasteiger partial charge in [-0.3, -0.25) is 4.98 Å². The maximum Gasteiger partial charge on any atom is 0.282 e. The molecular weight excluding hydrogens is 322 g/mol. The molecule has 0 aliphatic carbocycles. The summed E-state index contributed by atoms with van der Waals surface area (Å²) in [5.74, 6) is 0. The highest BCUT2D eigenvalue weighted by atomic mass is 35.5. The molecule has 0 atom stereocenters. The maximum atomic E-state index is 12.5. The van der Waals surface area contributed by atoms with E-state index in [2.05, 4.69) is 4.98 Å². The first-order valence-corrected chi connectivity index (χ1v) is 8.48. The van der Waals surface area contributed by atoms with Gasteiger partial charge >= 0.3 is 0 Å². The fourth-order valence-electron chi connectivity index (χ4n) is 1.99. The van der Waals surface area contributed by atoms with Gasteiger partial charge in [-0.1, -0.05) is 23.7 Å². The van der Waals surface area contributed by atoms with Gasteiger partial charge in [0.1, 0.15) is 0 Å². The molecular formula is C15H18ClN3O2S. The van der Waals surface area contributed by atoms with Crippen molar-refractivity contribution >= 4 is 21.8 Å². The van der Waals surface area contributed by atoms with Crippen molar-refractivity contribution in [2.45, 2.75) is 13.1 Å². The van der Waals surface area contributed by atoms with E-state index in [1.54, 1.807) is 50.8 Å². The largest absolute Gasteiger partial charge is 0.282 e. The summed E-state index contributed by atoms with van der Waals surface area (Å²) in [7, 11) is -0.406. The van der Waals surface area contributed by atoms with Crippen LogP contribution in [0, 0.1) is 0 Å². The van der Waals surface area contributed by atoms with Crippen molar-refractivity contribution in [3.63, 3.8) is 0 Å². The molecule has 7 heteroatoms. The number of nitrogens with zero attached hydrogens (tertiary/aromatic N) is 3. The van der Waals surface area contributed by atoms with E-state index in [0.29, 0.717) is 18.1 Å². The normalized spacial score (nSPS) is 12.0. The molecule has 0 aliphatic heterocycles. The van der Waals surface area contributed by atoms with Gasteiger partial charge in [0.2, 0.25) is 0 Å². The zero-order valence-corrected chi connectivity index (χ0v) is 14.0. The van der Waals surface area contributed by atoms with Gasteiger partial charge in [0, 0.05) is 44.6 Å². The molecule has 1 heterocycles. The van der Waals surface area contributed by atoms with Crippen molar-refractivity contribution < 1.29 is 8.42 Å². The van der Waals surface area contributed by atoms with Crippen LogP contribution in [0.1, 0.15) is 11.1 Å². The van der Waals surface area contributed by atoms with E-state index in [1.807, 2.05) is 12.1 Å². The second-order valence-corrected chi connectivity index (χ2v) is 7.58. The number of benzene rings is 1. The molecule has 2 rings (SSSR count). The van der Waals surface area contributed by atoms with Crippen LogP contribution in [-0.4, -0.2) is 36.1 Å². The van der Waals surface area contributed by atoms with Crippen LogP contribution in [-0.2, 0) is 23.3 Å². The van der Waals surface area contributed by atoms with E-state index in [9.17, 15) is 8.42 Å². The number of halogens is 1. The minimum absolute atomic E-state index is 0.292. The Morgan fingerprint density at radius 2 is 1.36 bits per heavy atom. The highest BCUT2D eigenvalue weighted by Gasteiger charge is 2.23. The van der Waals surface area contributed by atoms with Crippen molar-refractivity contribution in [3.05, 3.63) is 64.9 Å². The van der Waals surface area contributed by atoms with Crippen LogP contribution in [0.4, 0.5) is 0 Å². The molecule has 2 aromatic rings. The van der Waals surface area contributed by atoms with Crippen LogP contribution >= 0.6 is 11.6 Å². The summed E-state index contributed by atoms with van der Waals surface area (Å²) in [5.41, 5.74) is 1.77. The Balaban J connectivity index is 2.06. The van der Waals surface area contributed by atoms with Crippen LogP contribution in [0.2, 0.25) is 5.02 Å². The van der Waals surface area contributed by atoms with Gasteiger partial charge < -0.3 is 0 Å². The van der Waals surface area contributed by atoms with Gasteiger partial charge in [0.25, 0.3) is 10.2 Å². The van der Waals surface area contributed by atoms with Crippen molar-refractivity contribution in [1.82, 2.24) is 13.6 Å². The molecule has 5 nitrogen and oxygen atoms in total.